The molecule has 0 atom stereocenters. The zero-order valence-electron chi connectivity index (χ0n) is 10.3. The molecule has 0 amide bonds. The average molecular weight is 259 g/mol. The first-order chi connectivity index (χ1) is 9.08. The van der Waals surface area contributed by atoms with E-state index in [1.807, 2.05) is 0 Å². The third-order valence-electron chi connectivity index (χ3n) is 2.65. The lowest BCUT2D eigenvalue weighted by Gasteiger charge is -2.06. The number of aryl methyl sites for hydroxylation is 1. The third kappa shape index (κ3) is 2.98. The first-order valence-corrected chi connectivity index (χ1v) is 5.65. The van der Waals surface area contributed by atoms with Gasteiger partial charge in [-0.25, -0.2) is 9.78 Å². The summed E-state index contributed by atoms with van der Waals surface area (Å²) in [7, 11) is 1.64. The monoisotopic (exact) mass is 259 g/mol. The van der Waals surface area contributed by atoms with Crippen molar-refractivity contribution in [2.24, 2.45) is 7.05 Å². The molecule has 2 N–H and O–H groups in total. The van der Waals surface area contributed by atoms with Gasteiger partial charge in [0.15, 0.2) is 5.82 Å². The fourth-order valence-corrected chi connectivity index (χ4v) is 1.62. The van der Waals surface area contributed by atoms with Crippen LogP contribution in [0, 0.1) is 0 Å². The second kappa shape index (κ2) is 5.34. The summed E-state index contributed by atoms with van der Waals surface area (Å²) in [4.78, 5) is 26.5. The number of rotatable bonds is 4. The Morgan fingerprint density at radius 3 is 3.00 bits per heavy atom. The van der Waals surface area contributed by atoms with Crippen molar-refractivity contribution in [3.63, 3.8) is 0 Å². The molecule has 6 heteroatoms. The molecule has 6 nitrogen and oxygen atoms in total. The average Bonchev–Trinajstić information content (AvgIpc) is 2.41. The van der Waals surface area contributed by atoms with Gasteiger partial charge < -0.3 is 15.0 Å². The molecular formula is C13H13N3O3. The van der Waals surface area contributed by atoms with Crippen molar-refractivity contribution in [1.29, 1.82) is 0 Å². The Kier molecular flexibility index (Phi) is 3.61. The standard InChI is InChI=1S/C13H13N3O3/c1-16-6-5-14-11(12(16)17)15-8-9-3-2-4-10(7-9)13(18)19/h2-7H,8H2,1H3,(H,14,15)(H,18,19). The van der Waals surface area contributed by atoms with Crippen molar-refractivity contribution in [3.05, 3.63) is 58.1 Å². The first-order valence-electron chi connectivity index (χ1n) is 5.65. The minimum Gasteiger partial charge on any atom is -0.478 e. The highest BCUT2D eigenvalue weighted by molar-refractivity contribution is 5.87. The number of anilines is 1. The van der Waals surface area contributed by atoms with E-state index in [1.165, 1.54) is 16.8 Å². The van der Waals surface area contributed by atoms with Crippen LogP contribution in [0.5, 0.6) is 0 Å². The molecule has 0 spiro atoms. The molecule has 19 heavy (non-hydrogen) atoms. The Balaban J connectivity index is 2.15. The minimum absolute atomic E-state index is 0.216. The molecule has 0 unspecified atom stereocenters. The van der Waals surface area contributed by atoms with Crippen LogP contribution in [0.25, 0.3) is 0 Å². The van der Waals surface area contributed by atoms with Gasteiger partial charge in [0.25, 0.3) is 5.56 Å². The van der Waals surface area contributed by atoms with Crippen LogP contribution in [0.1, 0.15) is 15.9 Å². The number of hydrogen-bond donors (Lipinski definition) is 2. The van der Waals surface area contributed by atoms with Crippen LogP contribution in [0.15, 0.2) is 41.5 Å². The smallest absolute Gasteiger partial charge is 0.335 e. The van der Waals surface area contributed by atoms with Crippen molar-refractivity contribution in [2.45, 2.75) is 6.54 Å². The van der Waals surface area contributed by atoms with E-state index in [4.69, 9.17) is 5.11 Å². The molecule has 0 aliphatic heterocycles. The van der Waals surface area contributed by atoms with E-state index in [-0.39, 0.29) is 16.9 Å². The van der Waals surface area contributed by atoms with Gasteiger partial charge in [-0.3, -0.25) is 4.79 Å². The summed E-state index contributed by atoms with van der Waals surface area (Å²) in [6.45, 7) is 0.341. The molecule has 98 valence electrons. The van der Waals surface area contributed by atoms with Crippen LogP contribution >= 0.6 is 0 Å². The minimum atomic E-state index is -0.976. The topological polar surface area (TPSA) is 84.2 Å². The number of nitrogens with one attached hydrogen (secondary N) is 1. The van der Waals surface area contributed by atoms with Crippen LogP contribution in [0.4, 0.5) is 5.82 Å². The summed E-state index contributed by atoms with van der Waals surface area (Å²) in [5.74, 6) is -0.735. The number of carboxylic acids is 1. The summed E-state index contributed by atoms with van der Waals surface area (Å²) in [5.41, 5.74) is 0.762. The quantitative estimate of drug-likeness (QED) is 0.858. The van der Waals surface area contributed by atoms with Crippen molar-refractivity contribution >= 4 is 11.8 Å². The van der Waals surface area contributed by atoms with Crippen molar-refractivity contribution in [1.82, 2.24) is 9.55 Å². The zero-order valence-corrected chi connectivity index (χ0v) is 10.3. The van der Waals surface area contributed by atoms with Gasteiger partial charge in [0, 0.05) is 26.0 Å². The number of nitrogens with zero attached hydrogens (tertiary/aromatic N) is 2. The maximum atomic E-state index is 11.7. The normalized spacial score (nSPS) is 10.2. The van der Waals surface area contributed by atoms with Gasteiger partial charge in [-0.2, -0.15) is 0 Å². The van der Waals surface area contributed by atoms with Crippen LogP contribution in [-0.4, -0.2) is 20.6 Å². The lowest BCUT2D eigenvalue weighted by molar-refractivity contribution is 0.0697. The van der Waals surface area contributed by atoms with Gasteiger partial charge in [-0.05, 0) is 17.7 Å². The van der Waals surface area contributed by atoms with Gasteiger partial charge in [0.2, 0.25) is 0 Å². The second-order valence-electron chi connectivity index (χ2n) is 4.05. The molecule has 1 heterocycles. The Hall–Kier alpha value is -2.63. The number of benzene rings is 1. The van der Waals surface area contributed by atoms with Gasteiger partial charge in [0.1, 0.15) is 0 Å². The molecular weight excluding hydrogens is 246 g/mol. The fraction of sp³-hybridized carbons (Fsp3) is 0.154. The molecule has 1 aromatic carbocycles. The highest BCUT2D eigenvalue weighted by Crippen LogP contribution is 2.06. The molecule has 0 bridgehead atoms. The maximum Gasteiger partial charge on any atom is 0.335 e. The van der Waals surface area contributed by atoms with Crippen LogP contribution in [-0.2, 0) is 13.6 Å². The molecule has 2 aromatic rings. The van der Waals surface area contributed by atoms with E-state index in [0.717, 1.165) is 5.56 Å². The van der Waals surface area contributed by atoms with Gasteiger partial charge in [0.05, 0.1) is 5.56 Å². The number of aromatic carboxylic acids is 1. The Labute approximate surface area is 109 Å². The highest BCUT2D eigenvalue weighted by Gasteiger charge is 2.05. The number of carbonyl (C=O) groups is 1. The Morgan fingerprint density at radius 1 is 1.47 bits per heavy atom. The lowest BCUT2D eigenvalue weighted by atomic mass is 10.1. The number of carboxylic acid groups (broad SMARTS) is 1. The van der Waals surface area contributed by atoms with Crippen molar-refractivity contribution < 1.29 is 9.90 Å². The van der Waals surface area contributed by atoms with Gasteiger partial charge in [-0.1, -0.05) is 12.1 Å². The molecule has 0 saturated heterocycles. The van der Waals surface area contributed by atoms with E-state index in [1.54, 1.807) is 31.4 Å². The summed E-state index contributed by atoms with van der Waals surface area (Å²) in [6.07, 6.45) is 3.09. The van der Waals surface area contributed by atoms with E-state index in [9.17, 15) is 9.59 Å². The molecule has 0 saturated carbocycles. The van der Waals surface area contributed by atoms with Crippen LogP contribution in [0.2, 0.25) is 0 Å². The van der Waals surface area contributed by atoms with Gasteiger partial charge >= 0.3 is 5.97 Å². The van der Waals surface area contributed by atoms with Crippen molar-refractivity contribution in [2.75, 3.05) is 5.32 Å². The van der Waals surface area contributed by atoms with Crippen LogP contribution in [0.3, 0.4) is 0 Å². The van der Waals surface area contributed by atoms with Crippen LogP contribution < -0.4 is 10.9 Å². The first kappa shape index (κ1) is 12.8. The largest absolute Gasteiger partial charge is 0.478 e. The summed E-state index contributed by atoms with van der Waals surface area (Å²) in [6, 6.07) is 6.53. The molecule has 2 rings (SSSR count). The molecule has 0 aliphatic rings. The van der Waals surface area contributed by atoms with E-state index in [0.29, 0.717) is 6.54 Å². The molecule has 1 aromatic heterocycles. The predicted molar refractivity (Wildman–Crippen MR) is 70.2 cm³/mol. The van der Waals surface area contributed by atoms with E-state index < -0.39 is 5.97 Å². The molecule has 0 radical (unpaired) electrons. The van der Waals surface area contributed by atoms with Gasteiger partial charge in [-0.15, -0.1) is 0 Å². The molecule has 0 aliphatic carbocycles. The fourth-order valence-electron chi connectivity index (χ4n) is 1.62. The third-order valence-corrected chi connectivity index (χ3v) is 2.65. The highest BCUT2D eigenvalue weighted by atomic mass is 16.4. The Morgan fingerprint density at radius 2 is 2.26 bits per heavy atom. The lowest BCUT2D eigenvalue weighted by Crippen LogP contribution is -2.21. The summed E-state index contributed by atoms with van der Waals surface area (Å²) in [5, 5.41) is 11.8. The van der Waals surface area contributed by atoms with E-state index >= 15 is 0 Å². The SMILES string of the molecule is Cn1ccnc(NCc2cccc(C(=O)O)c2)c1=O. The predicted octanol–water partition coefficient (Wildman–Crippen LogP) is 1.09. The number of hydrogen-bond acceptors (Lipinski definition) is 4. The van der Waals surface area contributed by atoms with E-state index in [2.05, 4.69) is 10.3 Å². The second-order valence-corrected chi connectivity index (χ2v) is 4.05. The molecule has 0 fully saturated rings. The number of aromatic nitrogens is 2. The van der Waals surface area contributed by atoms with Crippen molar-refractivity contribution in [3.8, 4) is 0 Å². The summed E-state index contributed by atoms with van der Waals surface area (Å²) < 4.78 is 1.42. The zero-order chi connectivity index (χ0) is 13.8. The summed E-state index contributed by atoms with van der Waals surface area (Å²) >= 11 is 0. The maximum absolute atomic E-state index is 11.7. The Bertz CT molecular complexity index is 664.